The molecule has 2 aliphatic heterocycles. The van der Waals surface area contributed by atoms with E-state index >= 15 is 0 Å². The van der Waals surface area contributed by atoms with Crippen molar-refractivity contribution in [1.29, 1.82) is 0 Å². The Morgan fingerprint density at radius 2 is 1.91 bits per heavy atom. The molecule has 0 aromatic heterocycles. The number of ether oxygens (including phenoxy) is 1. The Morgan fingerprint density at radius 1 is 1.14 bits per heavy atom. The highest BCUT2D eigenvalue weighted by Gasteiger charge is 2.37. The quantitative estimate of drug-likeness (QED) is 0.630. The fourth-order valence-electron chi connectivity index (χ4n) is 2.68. The van der Waals surface area contributed by atoms with Gasteiger partial charge in [0, 0.05) is 31.6 Å². The van der Waals surface area contributed by atoms with Gasteiger partial charge in [0.25, 0.3) is 0 Å². The standard InChI is InChI=1S/C16H20N2O3S/c19-15(17-9-5-10-17)14-8-4-11-18(14)22-16(20)21-12-13-6-2-1-3-7-13/h1-3,6-7,14H,4-5,8-12H2/t14-/m0/s1. The third-order valence-electron chi connectivity index (χ3n) is 4.05. The number of carbonyl (C=O) groups excluding carboxylic acids is 2. The number of hydrogen-bond donors (Lipinski definition) is 0. The van der Waals surface area contributed by atoms with Crippen molar-refractivity contribution in [1.82, 2.24) is 9.21 Å². The van der Waals surface area contributed by atoms with Crippen LogP contribution in [-0.2, 0) is 16.1 Å². The molecule has 118 valence electrons. The predicted molar refractivity (Wildman–Crippen MR) is 85.1 cm³/mol. The molecule has 2 saturated heterocycles. The molecule has 0 bridgehead atoms. The lowest BCUT2D eigenvalue weighted by Gasteiger charge is -2.35. The molecule has 0 radical (unpaired) electrons. The van der Waals surface area contributed by atoms with E-state index in [1.54, 1.807) is 0 Å². The second-order valence-corrected chi connectivity index (χ2v) is 6.58. The van der Waals surface area contributed by atoms with Crippen molar-refractivity contribution in [3.05, 3.63) is 35.9 Å². The van der Waals surface area contributed by atoms with Crippen molar-refractivity contribution in [3.8, 4) is 0 Å². The van der Waals surface area contributed by atoms with E-state index in [1.165, 1.54) is 0 Å². The van der Waals surface area contributed by atoms with Gasteiger partial charge in [-0.3, -0.25) is 4.79 Å². The molecule has 5 nitrogen and oxygen atoms in total. The summed E-state index contributed by atoms with van der Waals surface area (Å²) in [6, 6.07) is 9.43. The van der Waals surface area contributed by atoms with Crippen molar-refractivity contribution in [2.45, 2.75) is 31.9 Å². The highest BCUT2D eigenvalue weighted by Crippen LogP contribution is 2.29. The first kappa shape index (κ1) is 15.4. The van der Waals surface area contributed by atoms with E-state index < -0.39 is 0 Å². The smallest absolute Gasteiger partial charge is 0.383 e. The first-order valence-electron chi connectivity index (χ1n) is 7.68. The van der Waals surface area contributed by atoms with E-state index in [2.05, 4.69) is 0 Å². The fraction of sp³-hybridized carbons (Fsp3) is 0.500. The van der Waals surface area contributed by atoms with Gasteiger partial charge in [0.2, 0.25) is 5.91 Å². The molecule has 1 aromatic carbocycles. The van der Waals surface area contributed by atoms with E-state index in [-0.39, 0.29) is 23.9 Å². The van der Waals surface area contributed by atoms with Crippen molar-refractivity contribution in [2.24, 2.45) is 0 Å². The van der Waals surface area contributed by atoms with Gasteiger partial charge in [-0.2, -0.15) is 0 Å². The zero-order valence-electron chi connectivity index (χ0n) is 12.4. The lowest BCUT2D eigenvalue weighted by atomic mass is 10.1. The maximum Gasteiger partial charge on any atom is 0.383 e. The monoisotopic (exact) mass is 320 g/mol. The summed E-state index contributed by atoms with van der Waals surface area (Å²) < 4.78 is 7.16. The number of hydrogen-bond acceptors (Lipinski definition) is 5. The predicted octanol–water partition coefficient (Wildman–Crippen LogP) is 2.67. The summed E-state index contributed by atoms with van der Waals surface area (Å²) >= 11 is 1.04. The Labute approximate surface area is 134 Å². The lowest BCUT2D eigenvalue weighted by molar-refractivity contribution is -0.137. The third-order valence-corrected chi connectivity index (χ3v) is 4.99. The summed E-state index contributed by atoms with van der Waals surface area (Å²) in [5, 5.41) is -0.341. The Hall–Kier alpha value is -1.53. The summed E-state index contributed by atoms with van der Waals surface area (Å²) in [6.07, 6.45) is 2.86. The zero-order chi connectivity index (χ0) is 15.4. The average Bonchev–Trinajstić information content (AvgIpc) is 2.92. The number of likely N-dealkylation sites (tertiary alicyclic amines) is 1. The van der Waals surface area contributed by atoms with Crippen LogP contribution < -0.4 is 0 Å². The molecule has 22 heavy (non-hydrogen) atoms. The first-order chi connectivity index (χ1) is 10.7. The van der Waals surface area contributed by atoms with Gasteiger partial charge in [0.05, 0.1) is 6.04 Å². The summed E-state index contributed by atoms with van der Waals surface area (Å²) in [6.45, 7) is 2.74. The molecule has 1 atom stereocenters. The van der Waals surface area contributed by atoms with Crippen LogP contribution in [0.15, 0.2) is 30.3 Å². The second-order valence-electron chi connectivity index (χ2n) is 5.59. The lowest BCUT2D eigenvalue weighted by Crippen LogP contribution is -2.49. The number of carbonyl (C=O) groups is 2. The summed E-state index contributed by atoms with van der Waals surface area (Å²) in [5.41, 5.74) is 0.964. The minimum absolute atomic E-state index is 0.159. The molecule has 1 amide bonds. The Bertz CT molecular complexity index is 533. The van der Waals surface area contributed by atoms with Gasteiger partial charge >= 0.3 is 5.30 Å². The van der Waals surface area contributed by atoms with Crippen molar-refractivity contribution < 1.29 is 14.3 Å². The van der Waals surface area contributed by atoms with E-state index in [9.17, 15) is 9.59 Å². The zero-order valence-corrected chi connectivity index (χ0v) is 13.3. The van der Waals surface area contributed by atoms with E-state index in [4.69, 9.17) is 4.74 Å². The minimum Gasteiger partial charge on any atom is -0.452 e. The van der Waals surface area contributed by atoms with Gasteiger partial charge in [0.1, 0.15) is 6.61 Å². The molecule has 1 aromatic rings. The van der Waals surface area contributed by atoms with Crippen LogP contribution in [0.1, 0.15) is 24.8 Å². The van der Waals surface area contributed by atoms with Gasteiger partial charge in [-0.05, 0) is 24.8 Å². The number of benzene rings is 1. The minimum atomic E-state index is -0.341. The van der Waals surface area contributed by atoms with Crippen LogP contribution >= 0.6 is 11.9 Å². The molecule has 0 saturated carbocycles. The maximum atomic E-state index is 12.3. The van der Waals surface area contributed by atoms with Crippen LogP contribution in [0.5, 0.6) is 0 Å². The Morgan fingerprint density at radius 3 is 2.59 bits per heavy atom. The molecule has 0 unspecified atom stereocenters. The summed E-state index contributed by atoms with van der Waals surface area (Å²) in [5.74, 6) is 0.159. The molecular weight excluding hydrogens is 300 g/mol. The highest BCUT2D eigenvalue weighted by molar-refractivity contribution is 8.11. The molecular formula is C16H20N2O3S. The van der Waals surface area contributed by atoms with Gasteiger partial charge < -0.3 is 9.64 Å². The largest absolute Gasteiger partial charge is 0.452 e. The van der Waals surface area contributed by atoms with Crippen LogP contribution in [0.25, 0.3) is 0 Å². The normalized spacial score (nSPS) is 21.5. The first-order valence-corrected chi connectivity index (χ1v) is 8.45. The van der Waals surface area contributed by atoms with Crippen molar-refractivity contribution in [3.63, 3.8) is 0 Å². The molecule has 6 heteroatoms. The molecule has 2 fully saturated rings. The topological polar surface area (TPSA) is 49.9 Å². The molecule has 0 N–H and O–H groups in total. The molecule has 3 rings (SSSR count). The van der Waals surface area contributed by atoms with E-state index in [1.807, 2.05) is 39.5 Å². The van der Waals surface area contributed by atoms with Gasteiger partial charge in [-0.1, -0.05) is 30.3 Å². The molecule has 0 spiro atoms. The van der Waals surface area contributed by atoms with E-state index in [0.29, 0.717) is 0 Å². The van der Waals surface area contributed by atoms with Crippen molar-refractivity contribution >= 4 is 23.2 Å². The van der Waals surface area contributed by atoms with Gasteiger partial charge in [0.15, 0.2) is 0 Å². The van der Waals surface area contributed by atoms with Gasteiger partial charge in [-0.25, -0.2) is 9.10 Å². The number of rotatable bonds is 4. The van der Waals surface area contributed by atoms with Crippen LogP contribution in [0.4, 0.5) is 4.79 Å². The van der Waals surface area contributed by atoms with Crippen LogP contribution in [0.2, 0.25) is 0 Å². The Kier molecular flexibility index (Phi) is 5.00. The Balaban J connectivity index is 1.48. The fourth-order valence-corrected chi connectivity index (χ4v) is 3.53. The third kappa shape index (κ3) is 3.62. The molecule has 2 heterocycles. The van der Waals surface area contributed by atoms with Crippen LogP contribution in [0.3, 0.4) is 0 Å². The van der Waals surface area contributed by atoms with Crippen LogP contribution in [0, 0.1) is 0 Å². The number of amides is 1. The molecule has 2 aliphatic rings. The number of nitrogens with zero attached hydrogens (tertiary/aromatic N) is 2. The van der Waals surface area contributed by atoms with E-state index in [0.717, 1.165) is 56.4 Å². The van der Waals surface area contributed by atoms with Gasteiger partial charge in [-0.15, -0.1) is 0 Å². The van der Waals surface area contributed by atoms with Crippen LogP contribution in [-0.4, -0.2) is 46.1 Å². The molecule has 0 aliphatic carbocycles. The second kappa shape index (κ2) is 7.15. The maximum absolute atomic E-state index is 12.3. The summed E-state index contributed by atoms with van der Waals surface area (Å²) in [4.78, 5) is 26.2. The average molecular weight is 320 g/mol. The SMILES string of the molecule is O=C(OCc1ccccc1)SN1CCC[C@H]1C(=O)N1CCC1. The van der Waals surface area contributed by atoms with Crippen molar-refractivity contribution in [2.75, 3.05) is 19.6 Å². The summed E-state index contributed by atoms with van der Waals surface area (Å²) in [7, 11) is 0. The highest BCUT2D eigenvalue weighted by atomic mass is 32.2.